The van der Waals surface area contributed by atoms with Crippen molar-refractivity contribution in [3.05, 3.63) is 46.1 Å². The lowest BCUT2D eigenvalue weighted by atomic mass is 10.1. The minimum Gasteiger partial charge on any atom is -0.487 e. The van der Waals surface area contributed by atoms with E-state index in [4.69, 9.17) is 9.15 Å². The number of hydrogen-bond acceptors (Lipinski definition) is 4. The first kappa shape index (κ1) is 16.0. The van der Waals surface area contributed by atoms with E-state index in [0.29, 0.717) is 13.2 Å². The molecular weight excluding hydrogens is 332 g/mol. The number of ether oxygens (including phenoxy) is 1. The predicted molar refractivity (Wildman–Crippen MR) is 86.3 cm³/mol. The summed E-state index contributed by atoms with van der Waals surface area (Å²) in [7, 11) is 0. The molecule has 2 rings (SSSR count). The summed E-state index contributed by atoms with van der Waals surface area (Å²) in [4.78, 5) is 4.08. The molecule has 0 amide bonds. The topological polar surface area (TPSA) is 47.3 Å². The maximum absolute atomic E-state index is 5.75. The molecule has 2 aromatic rings. The van der Waals surface area contributed by atoms with E-state index in [2.05, 4.69) is 47.0 Å². The molecule has 21 heavy (non-hydrogen) atoms. The Morgan fingerprint density at radius 1 is 1.29 bits per heavy atom. The van der Waals surface area contributed by atoms with Crippen LogP contribution in [0.2, 0.25) is 0 Å². The molecule has 0 aliphatic rings. The molecule has 0 saturated carbocycles. The zero-order valence-electron chi connectivity index (χ0n) is 12.9. The molecule has 4 nitrogen and oxygen atoms in total. The molecule has 0 saturated heterocycles. The number of nitrogens with zero attached hydrogens (tertiary/aromatic N) is 1. The third-order valence-corrected chi connectivity index (χ3v) is 3.37. The van der Waals surface area contributed by atoms with Gasteiger partial charge < -0.3 is 14.5 Å². The second kappa shape index (κ2) is 6.62. The average Bonchev–Trinajstić information content (AvgIpc) is 2.74. The van der Waals surface area contributed by atoms with Gasteiger partial charge in [-0.15, -0.1) is 0 Å². The third-order valence-electron chi connectivity index (χ3n) is 2.94. The predicted octanol–water partition coefficient (Wildman–Crippen LogP) is 4.21. The van der Waals surface area contributed by atoms with Crippen LogP contribution in [0.3, 0.4) is 0 Å². The zero-order valence-corrected chi connectivity index (χ0v) is 14.5. The van der Waals surface area contributed by atoms with Crippen LogP contribution in [0.25, 0.3) is 0 Å². The quantitative estimate of drug-likeness (QED) is 0.875. The summed E-state index contributed by atoms with van der Waals surface area (Å²) in [5.74, 6) is 2.55. The number of furan rings is 1. The number of halogens is 1. The maximum Gasteiger partial charge on any atom is 0.139 e. The van der Waals surface area contributed by atoms with Gasteiger partial charge in [-0.25, -0.2) is 0 Å². The first-order valence-electron chi connectivity index (χ1n) is 6.90. The summed E-state index contributed by atoms with van der Waals surface area (Å²) in [6.45, 7) is 9.54. The standard InChI is InChI=1S/C16H21BrN2O2/c1-11-12(5-15(21-11)9-19-16(2,3)4)10-20-14-6-13(17)7-18-8-14/h5-8,19H,9-10H2,1-4H3. The molecule has 1 N–H and O–H groups in total. The molecule has 0 atom stereocenters. The lowest BCUT2D eigenvalue weighted by Crippen LogP contribution is -2.34. The molecule has 0 unspecified atom stereocenters. The second-order valence-electron chi connectivity index (χ2n) is 6.03. The molecule has 0 fully saturated rings. The monoisotopic (exact) mass is 352 g/mol. The molecule has 0 bridgehead atoms. The molecule has 114 valence electrons. The Kier molecular flexibility index (Phi) is 5.06. The highest BCUT2D eigenvalue weighted by molar-refractivity contribution is 9.10. The van der Waals surface area contributed by atoms with Gasteiger partial charge in [-0.05, 0) is 55.8 Å². The molecule has 2 aromatic heterocycles. The van der Waals surface area contributed by atoms with Crippen molar-refractivity contribution in [1.82, 2.24) is 10.3 Å². The SMILES string of the molecule is Cc1oc(CNC(C)(C)C)cc1COc1cncc(Br)c1. The van der Waals surface area contributed by atoms with Crippen LogP contribution in [0.4, 0.5) is 0 Å². The van der Waals surface area contributed by atoms with Crippen molar-refractivity contribution < 1.29 is 9.15 Å². The normalized spacial score (nSPS) is 11.7. The molecule has 0 aliphatic heterocycles. The largest absolute Gasteiger partial charge is 0.487 e. The van der Waals surface area contributed by atoms with E-state index < -0.39 is 0 Å². The van der Waals surface area contributed by atoms with Crippen LogP contribution in [0.1, 0.15) is 37.9 Å². The van der Waals surface area contributed by atoms with E-state index in [1.165, 1.54) is 0 Å². The Hall–Kier alpha value is -1.33. The van der Waals surface area contributed by atoms with Gasteiger partial charge >= 0.3 is 0 Å². The number of aryl methyl sites for hydroxylation is 1. The number of aromatic nitrogens is 1. The van der Waals surface area contributed by atoms with Crippen LogP contribution in [-0.2, 0) is 13.2 Å². The highest BCUT2D eigenvalue weighted by Crippen LogP contribution is 2.20. The lowest BCUT2D eigenvalue weighted by molar-refractivity contribution is 0.301. The van der Waals surface area contributed by atoms with E-state index in [-0.39, 0.29) is 5.54 Å². The lowest BCUT2D eigenvalue weighted by Gasteiger charge is -2.19. The van der Waals surface area contributed by atoms with Crippen molar-refractivity contribution in [2.75, 3.05) is 0 Å². The van der Waals surface area contributed by atoms with Crippen LogP contribution in [0.15, 0.2) is 33.4 Å². The summed E-state index contributed by atoms with van der Waals surface area (Å²) < 4.78 is 12.4. The summed E-state index contributed by atoms with van der Waals surface area (Å²) in [6, 6.07) is 3.93. The number of pyridine rings is 1. The molecule has 2 heterocycles. The Morgan fingerprint density at radius 3 is 2.71 bits per heavy atom. The highest BCUT2D eigenvalue weighted by atomic mass is 79.9. The van der Waals surface area contributed by atoms with Crippen molar-refractivity contribution in [3.8, 4) is 5.75 Å². The molecule has 0 aliphatic carbocycles. The second-order valence-corrected chi connectivity index (χ2v) is 6.94. The van der Waals surface area contributed by atoms with Gasteiger partial charge in [-0.2, -0.15) is 0 Å². The molecular formula is C16H21BrN2O2. The van der Waals surface area contributed by atoms with Gasteiger partial charge in [0.1, 0.15) is 23.9 Å². The van der Waals surface area contributed by atoms with Crippen molar-refractivity contribution in [3.63, 3.8) is 0 Å². The zero-order chi connectivity index (χ0) is 15.5. The van der Waals surface area contributed by atoms with Crippen LogP contribution >= 0.6 is 15.9 Å². The Balaban J connectivity index is 1.96. The van der Waals surface area contributed by atoms with E-state index in [1.54, 1.807) is 12.4 Å². The van der Waals surface area contributed by atoms with E-state index in [9.17, 15) is 0 Å². The van der Waals surface area contributed by atoms with Gasteiger partial charge in [0.15, 0.2) is 0 Å². The fraction of sp³-hybridized carbons (Fsp3) is 0.438. The van der Waals surface area contributed by atoms with Gasteiger partial charge in [0.2, 0.25) is 0 Å². The first-order chi connectivity index (χ1) is 9.83. The fourth-order valence-electron chi connectivity index (χ4n) is 1.80. The smallest absolute Gasteiger partial charge is 0.139 e. The van der Waals surface area contributed by atoms with Crippen molar-refractivity contribution in [2.24, 2.45) is 0 Å². The Morgan fingerprint density at radius 2 is 2.05 bits per heavy atom. The summed E-state index contributed by atoms with van der Waals surface area (Å²) in [5, 5.41) is 3.41. The molecule has 0 radical (unpaired) electrons. The van der Waals surface area contributed by atoms with Gasteiger partial charge in [-0.1, -0.05) is 0 Å². The average molecular weight is 353 g/mol. The van der Waals surface area contributed by atoms with Gasteiger partial charge in [0, 0.05) is 21.8 Å². The minimum absolute atomic E-state index is 0.0688. The highest BCUT2D eigenvalue weighted by Gasteiger charge is 2.12. The number of rotatable bonds is 5. The van der Waals surface area contributed by atoms with Crippen molar-refractivity contribution in [2.45, 2.75) is 46.4 Å². The van der Waals surface area contributed by atoms with Gasteiger partial charge in [0.25, 0.3) is 0 Å². The molecule has 0 spiro atoms. The van der Waals surface area contributed by atoms with Crippen molar-refractivity contribution in [1.29, 1.82) is 0 Å². The van der Waals surface area contributed by atoms with Crippen LogP contribution in [0, 0.1) is 6.92 Å². The van der Waals surface area contributed by atoms with Crippen molar-refractivity contribution >= 4 is 15.9 Å². The number of nitrogens with one attached hydrogen (secondary N) is 1. The summed E-state index contributed by atoms with van der Waals surface area (Å²) in [6.07, 6.45) is 3.43. The van der Waals surface area contributed by atoms with E-state index in [1.807, 2.05) is 19.1 Å². The van der Waals surface area contributed by atoms with Crippen LogP contribution in [-0.4, -0.2) is 10.5 Å². The van der Waals surface area contributed by atoms with E-state index >= 15 is 0 Å². The van der Waals surface area contributed by atoms with Gasteiger partial charge in [0.05, 0.1) is 12.7 Å². The Labute approximate surface area is 134 Å². The maximum atomic E-state index is 5.75. The summed E-state index contributed by atoms with van der Waals surface area (Å²) in [5.41, 5.74) is 1.12. The third kappa shape index (κ3) is 5.17. The van der Waals surface area contributed by atoms with Crippen LogP contribution < -0.4 is 10.1 Å². The summed E-state index contributed by atoms with van der Waals surface area (Å²) >= 11 is 3.38. The minimum atomic E-state index is 0.0688. The molecule has 5 heteroatoms. The fourth-order valence-corrected chi connectivity index (χ4v) is 2.15. The van der Waals surface area contributed by atoms with Gasteiger partial charge in [-0.3, -0.25) is 4.98 Å². The molecule has 0 aromatic carbocycles. The van der Waals surface area contributed by atoms with E-state index in [0.717, 1.165) is 27.3 Å². The first-order valence-corrected chi connectivity index (χ1v) is 7.69. The number of hydrogen-bond donors (Lipinski definition) is 1. The van der Waals surface area contributed by atoms with Crippen LogP contribution in [0.5, 0.6) is 5.75 Å². The Bertz CT molecular complexity index is 603.